The Morgan fingerprint density at radius 2 is 1.55 bits per heavy atom. The van der Waals surface area contributed by atoms with Gasteiger partial charge in [0.25, 0.3) is 0 Å². The summed E-state index contributed by atoms with van der Waals surface area (Å²) in [6.07, 6.45) is -11.1. The number of nitrogens with zero attached hydrogens (tertiary/aromatic N) is 4. The number of hydrazone groups is 1. The lowest BCUT2D eigenvalue weighted by molar-refractivity contribution is -0.274. The zero-order valence-electron chi connectivity index (χ0n) is 25.5. The van der Waals surface area contributed by atoms with Crippen molar-refractivity contribution in [3.8, 4) is 5.75 Å². The van der Waals surface area contributed by atoms with Crippen LogP contribution >= 0.6 is 0 Å². The first-order chi connectivity index (χ1) is 21.8. The molecule has 0 bridgehead atoms. The highest BCUT2D eigenvalue weighted by atomic mass is 19.4. The number of guanidine groups is 1. The maximum atomic E-state index is 13.9. The Labute approximate surface area is 265 Å². The van der Waals surface area contributed by atoms with Crippen molar-refractivity contribution >= 4 is 17.6 Å². The molecule has 4 rings (SSSR count). The predicted octanol–water partition coefficient (Wildman–Crippen LogP) is 7.30. The Bertz CT molecular complexity index is 1420. The average Bonchev–Trinajstić information content (AvgIpc) is 2.97. The molecule has 1 heterocycles. The summed E-state index contributed by atoms with van der Waals surface area (Å²) < 4.78 is 126. The molecular weight excluding hydrogens is 647 g/mol. The normalized spacial score (nSPS) is 19.7. The number of carbonyl (C=O) groups excluding carboxylic acids is 1. The topological polar surface area (TPSA) is 100 Å². The lowest BCUT2D eigenvalue weighted by Gasteiger charge is -2.46. The molecule has 1 saturated carbocycles. The van der Waals surface area contributed by atoms with E-state index in [1.807, 2.05) is 0 Å². The van der Waals surface area contributed by atoms with Crippen LogP contribution in [0.25, 0.3) is 0 Å². The molecule has 0 saturated heterocycles. The van der Waals surface area contributed by atoms with E-state index in [0.717, 1.165) is 36.5 Å². The third-order valence-electron chi connectivity index (χ3n) is 8.31. The predicted molar refractivity (Wildman–Crippen MR) is 154 cm³/mol. The van der Waals surface area contributed by atoms with E-state index in [0.29, 0.717) is 31.4 Å². The van der Waals surface area contributed by atoms with E-state index in [-0.39, 0.29) is 35.6 Å². The summed E-state index contributed by atoms with van der Waals surface area (Å²) in [6, 6.07) is 2.77. The minimum absolute atomic E-state index is 0.00692. The molecule has 1 fully saturated rings. The van der Waals surface area contributed by atoms with E-state index >= 15 is 0 Å². The van der Waals surface area contributed by atoms with Crippen LogP contribution < -0.4 is 21.2 Å². The molecule has 17 heteroatoms. The Morgan fingerprint density at radius 1 is 0.957 bits per heavy atom. The fraction of sp³-hybridized carbons (Fsp3) is 0.533. The quantitative estimate of drug-likeness (QED) is 0.105. The van der Waals surface area contributed by atoms with Crippen LogP contribution in [0, 0.1) is 5.92 Å². The number of anilines is 1. The first-order valence-electron chi connectivity index (χ1n) is 14.9. The number of benzene rings is 2. The monoisotopic (exact) mass is 682 g/mol. The highest BCUT2D eigenvalue weighted by Gasteiger charge is 2.42. The molecule has 47 heavy (non-hydrogen) atoms. The summed E-state index contributed by atoms with van der Waals surface area (Å²) in [5.41, 5.74) is 2.99. The van der Waals surface area contributed by atoms with E-state index in [9.17, 15) is 44.3 Å². The summed E-state index contributed by atoms with van der Waals surface area (Å²) in [7, 11) is 1.26. The van der Waals surface area contributed by atoms with Crippen molar-refractivity contribution in [3.63, 3.8) is 0 Å². The fourth-order valence-electron chi connectivity index (χ4n) is 6.27. The van der Waals surface area contributed by atoms with Gasteiger partial charge in [-0.25, -0.2) is 11.0 Å². The summed E-state index contributed by atoms with van der Waals surface area (Å²) in [6.45, 7) is 1.10. The van der Waals surface area contributed by atoms with Gasteiger partial charge in [-0.2, -0.15) is 26.3 Å². The molecule has 4 N–H and O–H groups in total. The number of hydrogen-bond acceptors (Lipinski definition) is 5. The van der Waals surface area contributed by atoms with Gasteiger partial charge in [0.1, 0.15) is 5.75 Å². The van der Waals surface area contributed by atoms with E-state index < -0.39 is 65.7 Å². The van der Waals surface area contributed by atoms with Crippen LogP contribution in [0.2, 0.25) is 0 Å². The number of carbonyl (C=O) groups is 1. The summed E-state index contributed by atoms with van der Waals surface area (Å²) in [5, 5.41) is 4.68. The van der Waals surface area contributed by atoms with E-state index in [4.69, 9.17) is 11.6 Å². The largest absolute Gasteiger partial charge is 0.573 e. The lowest BCUT2D eigenvalue weighted by atomic mass is 9.84. The first-order valence-corrected chi connectivity index (χ1v) is 14.9. The Balaban J connectivity index is 1.90. The number of ether oxygens (including phenoxy) is 1. The van der Waals surface area contributed by atoms with Gasteiger partial charge in [-0.3, -0.25) is 4.79 Å². The van der Waals surface area contributed by atoms with Gasteiger partial charge in [-0.1, -0.05) is 26.2 Å². The van der Waals surface area contributed by atoms with Crippen LogP contribution in [0.5, 0.6) is 5.75 Å². The summed E-state index contributed by atoms with van der Waals surface area (Å²) in [5.74, 6) is 4.01. The third kappa shape index (κ3) is 8.73. The zero-order chi connectivity index (χ0) is 34.9. The van der Waals surface area contributed by atoms with Crippen LogP contribution in [0.15, 0.2) is 41.5 Å². The van der Waals surface area contributed by atoms with Crippen molar-refractivity contribution in [1.29, 1.82) is 0 Å². The standard InChI is InChI=1S/C30H35F9N6O2/c1-3-21-14-25(23-15-22(47-30(37,38)39)9-10-24(23)45(21)26(46)18-7-5-4-6-8-18)44(27(40)42-43(2)41)16-17-11-19(28(31,32)33)13-20(12-17)29(34,35)36/h9-13,15,18,21,25H,3-8,14,16,41H2,1-2H3,(H2,40,42)/t21-,25+/m1/s1. The lowest BCUT2D eigenvalue weighted by Crippen LogP contribution is -2.51. The van der Waals surface area contributed by atoms with Gasteiger partial charge in [0.15, 0.2) is 0 Å². The molecule has 2 aromatic carbocycles. The van der Waals surface area contributed by atoms with Gasteiger partial charge in [0.2, 0.25) is 11.9 Å². The van der Waals surface area contributed by atoms with Crippen LogP contribution in [-0.4, -0.2) is 41.3 Å². The molecule has 1 amide bonds. The van der Waals surface area contributed by atoms with Crippen molar-refractivity contribution in [2.45, 2.75) is 89.2 Å². The molecular formula is C30H35F9N6O2. The Hall–Kier alpha value is -3.89. The van der Waals surface area contributed by atoms with E-state index in [2.05, 4.69) is 9.84 Å². The minimum atomic E-state index is -5.13. The molecule has 260 valence electrons. The molecule has 0 spiro atoms. The minimum Gasteiger partial charge on any atom is -0.406 e. The molecule has 1 aliphatic carbocycles. The highest BCUT2D eigenvalue weighted by Crippen LogP contribution is 2.46. The molecule has 0 radical (unpaired) electrons. The second-order valence-electron chi connectivity index (χ2n) is 11.7. The highest BCUT2D eigenvalue weighted by molar-refractivity contribution is 5.97. The Kier molecular flexibility index (Phi) is 10.5. The SMILES string of the molecule is CC[C@@H]1C[C@H](N(Cc2cc(C(F)(F)F)cc(C(F)(F)F)c2)/C(N)=N/N(C)N)c2cc(OC(F)(F)F)ccc2N1C(=O)C1CCCCC1. The van der Waals surface area contributed by atoms with Gasteiger partial charge in [-0.05, 0) is 67.6 Å². The molecule has 0 unspecified atom stereocenters. The van der Waals surface area contributed by atoms with Crippen molar-refractivity contribution < 1.29 is 49.0 Å². The molecule has 2 aromatic rings. The number of rotatable bonds is 7. The van der Waals surface area contributed by atoms with E-state index in [1.165, 1.54) is 22.9 Å². The molecule has 1 aliphatic heterocycles. The summed E-state index contributed by atoms with van der Waals surface area (Å²) in [4.78, 5) is 16.6. The number of amides is 1. The van der Waals surface area contributed by atoms with E-state index in [1.54, 1.807) is 6.92 Å². The Morgan fingerprint density at radius 3 is 2.06 bits per heavy atom. The fourth-order valence-corrected chi connectivity index (χ4v) is 6.27. The zero-order valence-corrected chi connectivity index (χ0v) is 25.5. The second-order valence-corrected chi connectivity index (χ2v) is 11.7. The van der Waals surface area contributed by atoms with Crippen LogP contribution in [0.3, 0.4) is 0 Å². The molecule has 2 aliphatic rings. The number of hydrogen-bond donors (Lipinski definition) is 2. The second kappa shape index (κ2) is 13.7. The number of halogens is 9. The molecule has 2 atom stereocenters. The van der Waals surface area contributed by atoms with Crippen molar-refractivity contribution in [1.82, 2.24) is 10.0 Å². The maximum absolute atomic E-state index is 13.9. The van der Waals surface area contributed by atoms with Crippen LogP contribution in [0.4, 0.5) is 45.2 Å². The number of alkyl halides is 9. The van der Waals surface area contributed by atoms with Crippen molar-refractivity contribution in [3.05, 3.63) is 58.7 Å². The van der Waals surface area contributed by atoms with Crippen LogP contribution in [-0.2, 0) is 23.7 Å². The molecule has 8 nitrogen and oxygen atoms in total. The molecule has 0 aromatic heterocycles. The van der Waals surface area contributed by atoms with Gasteiger partial charge in [0.05, 0.1) is 17.2 Å². The smallest absolute Gasteiger partial charge is 0.406 e. The van der Waals surface area contributed by atoms with Gasteiger partial charge >= 0.3 is 18.7 Å². The van der Waals surface area contributed by atoms with Gasteiger partial charge < -0.3 is 20.3 Å². The third-order valence-corrected chi connectivity index (χ3v) is 8.31. The number of hydrazine groups is 1. The summed E-state index contributed by atoms with van der Waals surface area (Å²) >= 11 is 0. The maximum Gasteiger partial charge on any atom is 0.573 e. The van der Waals surface area contributed by atoms with Gasteiger partial charge in [-0.15, -0.1) is 18.3 Å². The first kappa shape index (κ1) is 36.0. The van der Waals surface area contributed by atoms with Crippen LogP contribution in [0.1, 0.15) is 80.2 Å². The van der Waals surface area contributed by atoms with Gasteiger partial charge in [0, 0.05) is 36.8 Å². The van der Waals surface area contributed by atoms with Crippen molar-refractivity contribution in [2.24, 2.45) is 22.6 Å². The van der Waals surface area contributed by atoms with Crippen molar-refractivity contribution in [2.75, 3.05) is 11.9 Å². The average molecular weight is 683 g/mol. The number of nitrogens with two attached hydrogens (primary N) is 2. The number of fused-ring (bicyclic) bond motifs is 1.